The molecule has 7 atom stereocenters. The number of carboxylic acids is 1. The fraction of sp³-hybridized carbons (Fsp3) is 0.531. The molecule has 0 radical (unpaired) electrons. The van der Waals surface area contributed by atoms with Crippen molar-refractivity contribution in [3.63, 3.8) is 0 Å². The van der Waals surface area contributed by atoms with Crippen LogP contribution in [0.1, 0.15) is 45.8 Å². The molecular formula is C32H48N7O19P3S. The van der Waals surface area contributed by atoms with Gasteiger partial charge < -0.3 is 56.0 Å². The number of nitrogen functional groups attached to an aromatic ring is 1. The number of thioether (sulfide) groups is 1. The largest absolute Gasteiger partial charge is 0.481 e. The van der Waals surface area contributed by atoms with Crippen LogP contribution in [0.15, 0.2) is 49.1 Å². The smallest absolute Gasteiger partial charge is 0.481 e. The maximum absolute atomic E-state index is 12.7. The minimum Gasteiger partial charge on any atom is -0.481 e. The van der Waals surface area contributed by atoms with Gasteiger partial charge in [0.25, 0.3) is 0 Å². The number of anilines is 1. The monoisotopic (exact) mass is 959 g/mol. The van der Waals surface area contributed by atoms with Crippen molar-refractivity contribution in [2.24, 2.45) is 5.41 Å². The number of carbonyl (C=O) groups excluding carboxylic acids is 3. The van der Waals surface area contributed by atoms with E-state index in [2.05, 4.69) is 34.4 Å². The molecule has 1 aliphatic heterocycles. The van der Waals surface area contributed by atoms with Crippen LogP contribution in [0.2, 0.25) is 0 Å². The third-order valence-electron chi connectivity index (χ3n) is 8.18. The Balaban J connectivity index is 1.40. The first-order valence-corrected chi connectivity index (χ1v) is 23.7. The van der Waals surface area contributed by atoms with E-state index in [0.717, 1.165) is 29.0 Å². The van der Waals surface area contributed by atoms with E-state index < -0.39 is 90.5 Å². The lowest BCUT2D eigenvalue weighted by atomic mass is 9.87. The first-order chi connectivity index (χ1) is 28.9. The van der Waals surface area contributed by atoms with Gasteiger partial charge in [0, 0.05) is 37.1 Å². The van der Waals surface area contributed by atoms with Gasteiger partial charge in [0.2, 0.25) is 11.8 Å². The second-order valence-corrected chi connectivity index (χ2v) is 19.1. The molecule has 2 aromatic heterocycles. The van der Waals surface area contributed by atoms with E-state index in [-0.39, 0.29) is 54.4 Å². The number of nitrogens with zero attached hydrogens (tertiary/aromatic N) is 4. The summed E-state index contributed by atoms with van der Waals surface area (Å²) >= 11 is 1.03. The highest BCUT2D eigenvalue weighted by atomic mass is 32.2. The maximum atomic E-state index is 12.7. The van der Waals surface area contributed by atoms with Gasteiger partial charge in [-0.1, -0.05) is 62.1 Å². The summed E-state index contributed by atoms with van der Waals surface area (Å²) in [6.07, 6.45) is 3.59. The lowest BCUT2D eigenvalue weighted by Gasteiger charge is -2.30. The Labute approximate surface area is 357 Å². The van der Waals surface area contributed by atoms with Crippen molar-refractivity contribution < 1.29 is 90.4 Å². The molecule has 2 aromatic rings. The zero-order chi connectivity index (χ0) is 46.3. The molecule has 1 fully saturated rings. The van der Waals surface area contributed by atoms with Crippen molar-refractivity contribution in [2.45, 2.75) is 70.2 Å². The van der Waals surface area contributed by atoms with Crippen molar-refractivity contribution in [2.75, 3.05) is 37.8 Å². The quantitative estimate of drug-likeness (QED) is 0.0350. The van der Waals surface area contributed by atoms with Crippen molar-refractivity contribution in [1.82, 2.24) is 30.2 Å². The number of aromatic nitrogens is 4. The molecule has 1 aliphatic rings. The molecule has 7 unspecified atom stereocenters. The maximum Gasteiger partial charge on any atom is 0.481 e. The molecule has 346 valence electrons. The number of imidazole rings is 1. The lowest BCUT2D eigenvalue weighted by molar-refractivity contribution is -0.137. The molecule has 0 aliphatic carbocycles. The Kier molecular flexibility index (Phi) is 20.2. The number of carbonyl (C=O) groups is 4. The van der Waals surface area contributed by atoms with E-state index in [4.69, 9.17) is 24.6 Å². The Hall–Kier alpha value is -3.75. The van der Waals surface area contributed by atoms with E-state index in [1.165, 1.54) is 19.9 Å². The van der Waals surface area contributed by atoms with Crippen LogP contribution in [0.25, 0.3) is 11.2 Å². The molecule has 62 heavy (non-hydrogen) atoms. The molecule has 1 saturated heterocycles. The fourth-order valence-corrected chi connectivity index (χ4v) is 8.64. The summed E-state index contributed by atoms with van der Waals surface area (Å²) in [5, 5.41) is 34.8. The summed E-state index contributed by atoms with van der Waals surface area (Å²) < 4.78 is 62.2. The average Bonchev–Trinajstić information content (AvgIpc) is 3.73. The molecule has 2 amide bonds. The van der Waals surface area contributed by atoms with Crippen LogP contribution in [-0.4, -0.2) is 134 Å². The summed E-state index contributed by atoms with van der Waals surface area (Å²) in [5.41, 5.74) is 4.22. The number of allylic oxidation sites excluding steroid dienone is 5. The van der Waals surface area contributed by atoms with Crippen LogP contribution in [0.3, 0.4) is 0 Å². The standard InChI is InChI=1S/C32H48N7O19P3S/c1-32(2,27(45)30(46)35-13-12-21(40)34-14-15-62-23(43)11-9-7-5-3-4-6-8-10-22(41)42)17-55-61(52,53)58-60(50,51)54-16-20-26(57-59(47,48)49)25(44)31(56-20)39-19-38-24-28(33)36-18-37-29(24)39/h3-8,18-20,25-27,31,44-45H,9-17H2,1-2H3,(H,34,40)(H,35,46)(H,41,42)(H,50,51)(H,52,53)(H2,33,36,37)(H2,47,48,49)/b4-3+,7-5+,8-6+. The molecule has 0 saturated carbocycles. The highest BCUT2D eigenvalue weighted by Crippen LogP contribution is 2.61. The molecule has 0 spiro atoms. The van der Waals surface area contributed by atoms with Crippen molar-refractivity contribution >= 4 is 75.1 Å². The van der Waals surface area contributed by atoms with Gasteiger partial charge in [-0.25, -0.2) is 28.6 Å². The Morgan fingerprint density at radius 2 is 1.66 bits per heavy atom. The van der Waals surface area contributed by atoms with E-state index in [9.17, 15) is 62.7 Å². The number of nitrogens with two attached hydrogens (primary N) is 1. The Morgan fingerprint density at radius 1 is 0.984 bits per heavy atom. The van der Waals surface area contributed by atoms with Crippen molar-refractivity contribution in [3.05, 3.63) is 49.1 Å². The number of hydrogen-bond donors (Lipinski definition) is 10. The molecule has 3 rings (SSSR count). The van der Waals surface area contributed by atoms with Gasteiger partial charge in [0.05, 0.1) is 26.0 Å². The molecule has 11 N–H and O–H groups in total. The zero-order valence-corrected chi connectivity index (χ0v) is 36.5. The number of carboxylic acid groups (broad SMARTS) is 1. The second kappa shape index (κ2) is 23.8. The molecule has 0 bridgehead atoms. The minimum atomic E-state index is -5.59. The van der Waals surface area contributed by atoms with Crippen molar-refractivity contribution in [3.8, 4) is 0 Å². The third kappa shape index (κ3) is 17.8. The Bertz CT molecular complexity index is 2120. The summed E-state index contributed by atoms with van der Waals surface area (Å²) in [4.78, 5) is 98.2. The number of fused-ring (bicyclic) bond motifs is 1. The molecular weight excluding hydrogens is 911 g/mol. The van der Waals surface area contributed by atoms with Crippen LogP contribution in [0, 0.1) is 5.41 Å². The number of hydrogen-bond acceptors (Lipinski definition) is 19. The van der Waals surface area contributed by atoms with Gasteiger partial charge in [-0.05, 0) is 6.42 Å². The van der Waals surface area contributed by atoms with Gasteiger partial charge in [0.15, 0.2) is 22.8 Å². The van der Waals surface area contributed by atoms with Crippen LogP contribution in [0.4, 0.5) is 5.82 Å². The van der Waals surface area contributed by atoms with Gasteiger partial charge in [0.1, 0.15) is 36.3 Å². The topological polar surface area (TPSA) is 401 Å². The van der Waals surface area contributed by atoms with Crippen LogP contribution < -0.4 is 16.4 Å². The summed E-state index contributed by atoms with van der Waals surface area (Å²) in [7, 11) is -16.4. The fourth-order valence-electron chi connectivity index (χ4n) is 5.12. The van der Waals surface area contributed by atoms with Gasteiger partial charge in [-0.3, -0.25) is 37.3 Å². The highest BCUT2D eigenvalue weighted by Gasteiger charge is 2.50. The van der Waals surface area contributed by atoms with E-state index >= 15 is 0 Å². The second-order valence-electron chi connectivity index (χ2n) is 13.7. The third-order valence-corrected chi connectivity index (χ3v) is 12.2. The van der Waals surface area contributed by atoms with E-state index in [0.29, 0.717) is 12.2 Å². The highest BCUT2D eigenvalue weighted by molar-refractivity contribution is 8.13. The van der Waals surface area contributed by atoms with Crippen LogP contribution >= 0.6 is 35.2 Å². The number of aliphatic hydroxyl groups excluding tert-OH is 2. The number of aliphatic hydroxyl groups is 2. The number of nitrogens with one attached hydrogen (secondary N) is 2. The van der Waals surface area contributed by atoms with Gasteiger partial charge in [-0.15, -0.1) is 0 Å². The van der Waals surface area contributed by atoms with Gasteiger partial charge in [-0.2, -0.15) is 4.31 Å². The SMILES string of the molecule is CC(C)(COP(=O)(O)OP(=O)(O)OCC1OC(n2cnc3c(N)ncnc32)C(O)C1OP(=O)(O)O)C(O)C(=O)NCCC(=O)NCCSC(=O)CC/C=C/C=C/C=C/CC(=O)O. The normalized spacial score (nSPS) is 21.0. The minimum absolute atomic E-state index is 0.0220. The summed E-state index contributed by atoms with van der Waals surface area (Å²) in [6.45, 7) is 0.359. The van der Waals surface area contributed by atoms with Crippen LogP contribution in [-0.2, 0) is 55.5 Å². The predicted octanol–water partition coefficient (Wildman–Crippen LogP) is 0.588. The average molecular weight is 960 g/mol. The van der Waals surface area contributed by atoms with Gasteiger partial charge >= 0.3 is 29.4 Å². The number of rotatable bonds is 26. The van der Waals surface area contributed by atoms with Crippen LogP contribution in [0.5, 0.6) is 0 Å². The lowest BCUT2D eigenvalue weighted by Crippen LogP contribution is -2.46. The number of ether oxygens (including phenoxy) is 1. The number of phosphoric acid groups is 3. The molecule has 26 nitrogen and oxygen atoms in total. The Morgan fingerprint density at radius 3 is 2.34 bits per heavy atom. The summed E-state index contributed by atoms with van der Waals surface area (Å²) in [5.74, 6) is -2.15. The number of amides is 2. The first kappa shape index (κ1) is 52.6. The van der Waals surface area contributed by atoms with E-state index in [1.54, 1.807) is 30.4 Å². The zero-order valence-electron chi connectivity index (χ0n) is 33.0. The first-order valence-electron chi connectivity index (χ1n) is 18.2. The van der Waals surface area contributed by atoms with E-state index in [1.807, 2.05) is 0 Å². The number of phosphoric ester groups is 3. The molecule has 30 heteroatoms. The number of aliphatic carboxylic acids is 1. The van der Waals surface area contributed by atoms with Crippen molar-refractivity contribution in [1.29, 1.82) is 0 Å². The summed E-state index contributed by atoms with van der Waals surface area (Å²) in [6, 6.07) is 0. The predicted molar refractivity (Wildman–Crippen MR) is 216 cm³/mol. The molecule has 0 aromatic carbocycles. The molecule has 3 heterocycles.